The van der Waals surface area contributed by atoms with Gasteiger partial charge >= 0.3 is 39.5 Å². The zero-order valence-corrected chi connectivity index (χ0v) is 68.9. The molecular formula is C83H162O17P2. The Morgan fingerprint density at radius 3 is 0.745 bits per heavy atom. The van der Waals surface area contributed by atoms with Crippen molar-refractivity contribution < 1.29 is 80.2 Å². The normalized spacial score (nSPS) is 14.2. The van der Waals surface area contributed by atoms with Crippen LogP contribution in [-0.2, 0) is 65.4 Å². The second-order valence-corrected chi connectivity index (χ2v) is 34.0. The van der Waals surface area contributed by atoms with Gasteiger partial charge in [0.2, 0.25) is 0 Å². The summed E-state index contributed by atoms with van der Waals surface area (Å²) < 4.78 is 68.8. The summed E-state index contributed by atoms with van der Waals surface area (Å²) in [5, 5.41) is 10.7. The van der Waals surface area contributed by atoms with Gasteiger partial charge in [0.25, 0.3) is 0 Å². The molecule has 102 heavy (non-hydrogen) atoms. The first-order valence-electron chi connectivity index (χ1n) is 42.9. The first-order chi connectivity index (χ1) is 49.3. The number of carbonyl (C=O) groups excluding carboxylic acids is 4. The van der Waals surface area contributed by atoms with Crippen LogP contribution in [0.15, 0.2) is 0 Å². The van der Waals surface area contributed by atoms with Crippen molar-refractivity contribution in [3.8, 4) is 0 Å². The molecule has 3 N–H and O–H groups in total. The molecule has 17 nitrogen and oxygen atoms in total. The Hall–Kier alpha value is -1.94. The predicted molar refractivity (Wildman–Crippen MR) is 418 cm³/mol. The van der Waals surface area contributed by atoms with Gasteiger partial charge in [-0.1, -0.05) is 382 Å². The summed E-state index contributed by atoms with van der Waals surface area (Å²) >= 11 is 0. The monoisotopic (exact) mass is 1490 g/mol. The molecule has 0 radical (unpaired) electrons. The fraction of sp³-hybridized carbons (Fsp3) is 0.952. The smallest absolute Gasteiger partial charge is 0.462 e. The largest absolute Gasteiger partial charge is 0.472 e. The fourth-order valence-corrected chi connectivity index (χ4v) is 14.4. The molecule has 0 aromatic carbocycles. The molecular weight excluding hydrogens is 1330 g/mol. The molecule has 0 aromatic rings. The maximum atomic E-state index is 13.1. The molecule has 0 aliphatic carbocycles. The van der Waals surface area contributed by atoms with Crippen molar-refractivity contribution in [2.75, 3.05) is 39.6 Å². The van der Waals surface area contributed by atoms with Gasteiger partial charge in [-0.15, -0.1) is 0 Å². The molecule has 19 heteroatoms. The van der Waals surface area contributed by atoms with Crippen molar-refractivity contribution in [3.05, 3.63) is 0 Å². The molecule has 0 saturated carbocycles. The SMILES string of the molecule is CCCCCCCCCCCCCCCCCCCCCC(=O)O[C@H](COC(=O)CCCCCCCCCCCCCCCC(C)C)COP(=O)(O)OC[C@@H](O)COP(=O)(O)OC[C@@H](COC(=O)CCCCCCCCCCCCC(C)C)OC(=O)CCCCCCCCCCCCC(C)CC. The summed E-state index contributed by atoms with van der Waals surface area (Å²) in [5.74, 6) is 0.245. The average molecular weight is 1490 g/mol. The Labute approximate surface area is 626 Å². The molecule has 6 atom stereocenters. The minimum atomic E-state index is -4.96. The topological polar surface area (TPSA) is 237 Å². The summed E-state index contributed by atoms with van der Waals surface area (Å²) in [6, 6.07) is 0. The molecule has 0 aliphatic rings. The van der Waals surface area contributed by atoms with Gasteiger partial charge in [0.1, 0.15) is 19.3 Å². The van der Waals surface area contributed by atoms with E-state index in [4.69, 9.17) is 37.0 Å². The molecule has 0 fully saturated rings. The Balaban J connectivity index is 5.27. The van der Waals surface area contributed by atoms with Gasteiger partial charge in [-0.2, -0.15) is 0 Å². The van der Waals surface area contributed by atoms with Crippen LogP contribution in [0.4, 0.5) is 0 Å². The van der Waals surface area contributed by atoms with Crippen LogP contribution in [0.25, 0.3) is 0 Å². The van der Waals surface area contributed by atoms with Crippen molar-refractivity contribution in [1.82, 2.24) is 0 Å². The highest BCUT2D eigenvalue weighted by Gasteiger charge is 2.30. The van der Waals surface area contributed by atoms with E-state index in [2.05, 4.69) is 48.5 Å². The van der Waals surface area contributed by atoms with Crippen LogP contribution in [-0.4, -0.2) is 96.7 Å². The first-order valence-corrected chi connectivity index (χ1v) is 45.9. The van der Waals surface area contributed by atoms with Crippen LogP contribution >= 0.6 is 15.6 Å². The van der Waals surface area contributed by atoms with E-state index in [0.717, 1.165) is 108 Å². The predicted octanol–water partition coefficient (Wildman–Crippen LogP) is 24.9. The van der Waals surface area contributed by atoms with E-state index in [1.165, 1.54) is 244 Å². The summed E-state index contributed by atoms with van der Waals surface area (Å²) in [5.41, 5.74) is 0. The lowest BCUT2D eigenvalue weighted by molar-refractivity contribution is -0.161. The molecule has 0 spiro atoms. The Bertz CT molecular complexity index is 1980. The number of aliphatic hydroxyl groups is 1. The molecule has 0 bridgehead atoms. The van der Waals surface area contributed by atoms with Gasteiger partial charge < -0.3 is 33.8 Å². The van der Waals surface area contributed by atoms with Gasteiger partial charge in [0.15, 0.2) is 12.2 Å². The third-order valence-corrected chi connectivity index (χ3v) is 21.6. The van der Waals surface area contributed by atoms with E-state index in [0.29, 0.717) is 25.7 Å². The lowest BCUT2D eigenvalue weighted by Crippen LogP contribution is -2.30. The fourth-order valence-electron chi connectivity index (χ4n) is 12.8. The van der Waals surface area contributed by atoms with Gasteiger partial charge in [-0.3, -0.25) is 37.3 Å². The maximum absolute atomic E-state index is 13.1. The molecule has 0 aliphatic heterocycles. The number of aliphatic hydroxyl groups excluding tert-OH is 1. The number of rotatable bonds is 81. The maximum Gasteiger partial charge on any atom is 0.472 e. The lowest BCUT2D eigenvalue weighted by atomic mass is 9.99. The summed E-state index contributed by atoms with van der Waals surface area (Å²) in [7, 11) is -9.93. The second kappa shape index (κ2) is 73.2. The first kappa shape index (κ1) is 100. The van der Waals surface area contributed by atoms with Gasteiger partial charge in [0.05, 0.1) is 26.4 Å². The van der Waals surface area contributed by atoms with E-state index in [1.807, 2.05) is 0 Å². The standard InChI is InChI=1S/C83H162O17P2/c1-8-10-11-12-13-14-15-16-17-18-19-20-21-24-28-38-45-52-59-66-82(87)99-78(70-93-80(85)64-57-50-43-36-27-25-22-23-26-33-40-47-54-61-74(3)4)72-97-101(89,90)95-68-77(84)69-96-102(91,92)98-73-79(71-94-81(86)65-58-51-44-37-31-29-34-41-48-55-62-75(5)6)100-83(88)67-60-53-46-39-32-30-35-42-49-56-63-76(7)9-2/h74-79,84H,8-73H2,1-7H3,(H,89,90)(H,91,92)/t76?,77-,78-,79-/m1/s1. The van der Waals surface area contributed by atoms with Crippen LogP contribution < -0.4 is 0 Å². The summed E-state index contributed by atoms with van der Waals surface area (Å²) in [6.45, 7) is 12.0. The van der Waals surface area contributed by atoms with Crippen LogP contribution in [0.5, 0.6) is 0 Å². The Morgan fingerprint density at radius 1 is 0.284 bits per heavy atom. The van der Waals surface area contributed by atoms with E-state index >= 15 is 0 Å². The molecule has 0 aromatic heterocycles. The van der Waals surface area contributed by atoms with Crippen LogP contribution in [0.3, 0.4) is 0 Å². The zero-order chi connectivity index (χ0) is 75.1. The summed E-state index contributed by atoms with van der Waals surface area (Å²) in [4.78, 5) is 73.2. The van der Waals surface area contributed by atoms with Crippen molar-refractivity contribution >= 4 is 39.5 Å². The highest BCUT2D eigenvalue weighted by molar-refractivity contribution is 7.47. The summed E-state index contributed by atoms with van der Waals surface area (Å²) in [6.07, 6.45) is 62.3. The highest BCUT2D eigenvalue weighted by atomic mass is 31.2. The van der Waals surface area contributed by atoms with Crippen LogP contribution in [0, 0.1) is 17.8 Å². The second-order valence-electron chi connectivity index (χ2n) is 31.1. The number of hydrogen-bond acceptors (Lipinski definition) is 15. The van der Waals surface area contributed by atoms with Gasteiger partial charge in [-0.25, -0.2) is 9.13 Å². The molecule has 0 rings (SSSR count). The third kappa shape index (κ3) is 74.9. The number of ether oxygens (including phenoxy) is 4. The Kier molecular flexibility index (Phi) is 71.8. The zero-order valence-electron chi connectivity index (χ0n) is 67.1. The Morgan fingerprint density at radius 2 is 0.500 bits per heavy atom. The lowest BCUT2D eigenvalue weighted by Gasteiger charge is -2.21. The number of phosphoric acid groups is 2. The minimum absolute atomic E-state index is 0.106. The van der Waals surface area contributed by atoms with Crippen molar-refractivity contribution in [2.45, 2.75) is 452 Å². The third-order valence-electron chi connectivity index (χ3n) is 19.7. The molecule has 606 valence electrons. The number of unbranched alkanes of at least 4 members (excludes halogenated alkanes) is 48. The van der Waals surface area contributed by atoms with Crippen molar-refractivity contribution in [3.63, 3.8) is 0 Å². The van der Waals surface area contributed by atoms with E-state index < -0.39 is 97.5 Å². The van der Waals surface area contributed by atoms with Crippen molar-refractivity contribution in [1.29, 1.82) is 0 Å². The highest BCUT2D eigenvalue weighted by Crippen LogP contribution is 2.45. The van der Waals surface area contributed by atoms with E-state index in [1.54, 1.807) is 0 Å². The molecule has 3 unspecified atom stereocenters. The number of esters is 4. The minimum Gasteiger partial charge on any atom is -0.462 e. The quantitative estimate of drug-likeness (QED) is 0.0222. The van der Waals surface area contributed by atoms with Crippen molar-refractivity contribution in [2.24, 2.45) is 17.8 Å². The average Bonchev–Trinajstić information content (AvgIpc) is 0.933. The van der Waals surface area contributed by atoms with Gasteiger partial charge in [-0.05, 0) is 43.4 Å². The van der Waals surface area contributed by atoms with Gasteiger partial charge in [0, 0.05) is 25.7 Å². The van der Waals surface area contributed by atoms with E-state index in [-0.39, 0.29) is 25.7 Å². The van der Waals surface area contributed by atoms with E-state index in [9.17, 15) is 43.2 Å². The number of phosphoric ester groups is 2. The molecule has 0 heterocycles. The molecule has 0 saturated heterocycles. The molecule has 0 amide bonds. The number of hydrogen-bond donors (Lipinski definition) is 3. The van der Waals surface area contributed by atoms with Crippen LogP contribution in [0.2, 0.25) is 0 Å². The van der Waals surface area contributed by atoms with Crippen LogP contribution in [0.1, 0.15) is 434 Å². The number of carbonyl (C=O) groups is 4.